The second-order valence-corrected chi connectivity index (χ2v) is 4.59. The Kier molecular flexibility index (Phi) is 4.56. The van der Waals surface area contributed by atoms with Gasteiger partial charge in [-0.25, -0.2) is 9.78 Å². The molecule has 0 atom stereocenters. The third-order valence-electron chi connectivity index (χ3n) is 2.30. The van der Waals surface area contributed by atoms with E-state index in [1.807, 2.05) is 0 Å². The number of anilines is 1. The maximum atomic E-state index is 11.6. The monoisotopic (exact) mass is 327 g/mol. The maximum Gasteiger partial charge on any atom is 0.418 e. The first-order valence-corrected chi connectivity index (χ1v) is 6.25. The highest BCUT2D eigenvalue weighted by Gasteiger charge is 2.12. The van der Waals surface area contributed by atoms with Crippen molar-refractivity contribution < 1.29 is 14.5 Å². The lowest BCUT2D eigenvalue weighted by atomic mass is 10.3. The minimum absolute atomic E-state index is 0.0187. The number of nitrogens with one attached hydrogen (secondary N) is 1. The molecule has 0 saturated carbocycles. The predicted octanol–water partition coefficient (Wildman–Crippen LogP) is 3.91. The molecule has 0 unspecified atom stereocenters. The predicted molar refractivity (Wildman–Crippen MR) is 77.0 cm³/mol. The quantitative estimate of drug-likeness (QED) is 0.681. The minimum Gasteiger partial charge on any atom is -0.391 e. The Hall–Kier alpha value is -2.38. The van der Waals surface area contributed by atoms with Gasteiger partial charge in [0.2, 0.25) is 5.88 Å². The van der Waals surface area contributed by atoms with Crippen LogP contribution in [0.1, 0.15) is 0 Å². The molecule has 1 heterocycles. The van der Waals surface area contributed by atoms with Crippen molar-refractivity contribution in [1.82, 2.24) is 4.98 Å². The Morgan fingerprint density at radius 2 is 2.05 bits per heavy atom. The lowest BCUT2D eigenvalue weighted by Gasteiger charge is -2.07. The van der Waals surface area contributed by atoms with E-state index in [2.05, 4.69) is 10.3 Å². The molecule has 0 aliphatic rings. The van der Waals surface area contributed by atoms with Crippen LogP contribution in [-0.2, 0) is 0 Å². The second-order valence-electron chi connectivity index (χ2n) is 3.75. The normalized spacial score (nSPS) is 10.0. The number of nitro benzene ring substituents is 1. The molecule has 21 heavy (non-hydrogen) atoms. The number of ether oxygens (including phenoxy) is 1. The van der Waals surface area contributed by atoms with Crippen molar-refractivity contribution in [3.8, 4) is 5.88 Å². The molecule has 0 fully saturated rings. The standard InChI is InChI=1S/C12H7Cl2N3O4/c13-7-1-4-11(15-6-7)21-12(18)16-10-3-2-8(17(19)20)5-9(10)14/h1-6H,(H,16,18). The fourth-order valence-electron chi connectivity index (χ4n) is 1.37. The summed E-state index contributed by atoms with van der Waals surface area (Å²) in [5.41, 5.74) is -0.000449. The Balaban J connectivity index is 2.06. The van der Waals surface area contributed by atoms with Gasteiger partial charge in [-0.1, -0.05) is 23.2 Å². The summed E-state index contributed by atoms with van der Waals surface area (Å²) in [6, 6.07) is 6.56. The van der Waals surface area contributed by atoms with Gasteiger partial charge in [0.15, 0.2) is 0 Å². The number of carbonyl (C=O) groups is 1. The summed E-state index contributed by atoms with van der Waals surface area (Å²) in [7, 11) is 0. The smallest absolute Gasteiger partial charge is 0.391 e. The molecule has 1 aromatic carbocycles. The summed E-state index contributed by atoms with van der Waals surface area (Å²) in [5, 5.41) is 13.3. The van der Waals surface area contributed by atoms with Crippen molar-refractivity contribution in [2.75, 3.05) is 5.32 Å². The highest BCUT2D eigenvalue weighted by atomic mass is 35.5. The van der Waals surface area contributed by atoms with Crippen LogP contribution in [0.2, 0.25) is 10.0 Å². The van der Waals surface area contributed by atoms with Crippen LogP contribution in [-0.4, -0.2) is 16.0 Å². The summed E-state index contributed by atoms with van der Waals surface area (Å²) >= 11 is 11.5. The average Bonchev–Trinajstić information content (AvgIpc) is 2.43. The summed E-state index contributed by atoms with van der Waals surface area (Å²) in [6.07, 6.45) is 0.490. The van der Waals surface area contributed by atoms with Gasteiger partial charge in [0, 0.05) is 24.4 Å². The van der Waals surface area contributed by atoms with Gasteiger partial charge in [-0.2, -0.15) is 0 Å². The van der Waals surface area contributed by atoms with Gasteiger partial charge in [0.25, 0.3) is 5.69 Å². The van der Waals surface area contributed by atoms with E-state index in [4.69, 9.17) is 27.9 Å². The highest BCUT2D eigenvalue weighted by molar-refractivity contribution is 6.33. The molecule has 1 N–H and O–H groups in total. The minimum atomic E-state index is -0.833. The Morgan fingerprint density at radius 1 is 1.29 bits per heavy atom. The van der Waals surface area contributed by atoms with E-state index in [1.165, 1.54) is 30.5 Å². The van der Waals surface area contributed by atoms with Crippen molar-refractivity contribution >= 4 is 40.7 Å². The number of amides is 1. The van der Waals surface area contributed by atoms with Gasteiger partial charge in [0.1, 0.15) is 0 Å². The summed E-state index contributed by atoms with van der Waals surface area (Å²) in [5.74, 6) is 0.0509. The van der Waals surface area contributed by atoms with Gasteiger partial charge in [-0.05, 0) is 12.1 Å². The van der Waals surface area contributed by atoms with Crippen LogP contribution >= 0.6 is 23.2 Å². The molecule has 1 aromatic heterocycles. The van der Waals surface area contributed by atoms with Gasteiger partial charge in [-0.3, -0.25) is 15.4 Å². The number of carbonyl (C=O) groups excluding carboxylic acids is 1. The van der Waals surface area contributed by atoms with Crippen molar-refractivity contribution in [3.05, 3.63) is 56.7 Å². The first kappa shape index (κ1) is 15.0. The largest absolute Gasteiger partial charge is 0.418 e. The molecule has 0 spiro atoms. The number of aromatic nitrogens is 1. The maximum absolute atomic E-state index is 11.6. The molecule has 0 saturated heterocycles. The van der Waals surface area contributed by atoms with Crippen molar-refractivity contribution in [3.63, 3.8) is 0 Å². The van der Waals surface area contributed by atoms with Crippen molar-refractivity contribution in [1.29, 1.82) is 0 Å². The molecular formula is C12H7Cl2N3O4. The van der Waals surface area contributed by atoms with E-state index < -0.39 is 11.0 Å². The lowest BCUT2D eigenvalue weighted by Crippen LogP contribution is -2.17. The molecule has 108 valence electrons. The van der Waals surface area contributed by atoms with E-state index >= 15 is 0 Å². The Labute approximate surface area is 128 Å². The number of hydrogen-bond acceptors (Lipinski definition) is 5. The number of non-ortho nitro benzene ring substituents is 1. The second kappa shape index (κ2) is 6.38. The molecule has 9 heteroatoms. The van der Waals surface area contributed by atoms with Crippen LogP contribution < -0.4 is 10.1 Å². The van der Waals surface area contributed by atoms with E-state index in [0.717, 1.165) is 6.07 Å². The van der Waals surface area contributed by atoms with Crippen molar-refractivity contribution in [2.24, 2.45) is 0 Å². The van der Waals surface area contributed by atoms with E-state index in [1.54, 1.807) is 0 Å². The number of rotatable bonds is 3. The number of nitrogens with zero attached hydrogens (tertiary/aromatic N) is 2. The van der Waals surface area contributed by atoms with Gasteiger partial charge in [0.05, 0.1) is 20.7 Å². The zero-order valence-electron chi connectivity index (χ0n) is 10.2. The van der Waals surface area contributed by atoms with Crippen LogP contribution in [0.15, 0.2) is 36.5 Å². The van der Waals surface area contributed by atoms with Crippen LogP contribution in [0.25, 0.3) is 0 Å². The number of halogens is 2. The lowest BCUT2D eigenvalue weighted by molar-refractivity contribution is -0.384. The zero-order valence-corrected chi connectivity index (χ0v) is 11.8. The Bertz CT molecular complexity index is 691. The summed E-state index contributed by atoms with van der Waals surface area (Å²) in [4.78, 5) is 25.4. The third-order valence-corrected chi connectivity index (χ3v) is 2.83. The van der Waals surface area contributed by atoms with Crippen LogP contribution in [0, 0.1) is 10.1 Å². The first-order valence-electron chi connectivity index (χ1n) is 5.50. The van der Waals surface area contributed by atoms with Crippen molar-refractivity contribution in [2.45, 2.75) is 0 Å². The van der Waals surface area contributed by atoms with Gasteiger partial charge in [-0.15, -0.1) is 0 Å². The molecule has 0 aliphatic heterocycles. The summed E-state index contributed by atoms with van der Waals surface area (Å²) < 4.78 is 4.89. The number of benzene rings is 1. The molecule has 1 amide bonds. The molecule has 0 bridgehead atoms. The highest BCUT2D eigenvalue weighted by Crippen LogP contribution is 2.26. The molecule has 0 radical (unpaired) electrons. The zero-order chi connectivity index (χ0) is 15.4. The third kappa shape index (κ3) is 4.04. The molecular weight excluding hydrogens is 321 g/mol. The number of pyridine rings is 1. The molecule has 2 rings (SSSR count). The number of hydrogen-bond donors (Lipinski definition) is 1. The van der Waals surface area contributed by atoms with Crippen LogP contribution in [0.5, 0.6) is 5.88 Å². The van der Waals surface area contributed by atoms with Gasteiger partial charge < -0.3 is 4.74 Å². The van der Waals surface area contributed by atoms with Gasteiger partial charge >= 0.3 is 6.09 Å². The average molecular weight is 328 g/mol. The Morgan fingerprint density at radius 3 is 2.62 bits per heavy atom. The summed E-state index contributed by atoms with van der Waals surface area (Å²) in [6.45, 7) is 0. The van der Waals surface area contributed by atoms with E-state index in [-0.39, 0.29) is 22.3 Å². The van der Waals surface area contributed by atoms with E-state index in [9.17, 15) is 14.9 Å². The fraction of sp³-hybridized carbons (Fsp3) is 0. The fourth-order valence-corrected chi connectivity index (χ4v) is 1.71. The topological polar surface area (TPSA) is 94.4 Å². The first-order chi connectivity index (χ1) is 9.95. The SMILES string of the molecule is O=C(Nc1ccc([N+](=O)[O-])cc1Cl)Oc1ccc(Cl)cn1. The molecule has 7 nitrogen and oxygen atoms in total. The van der Waals surface area contributed by atoms with Crippen LogP contribution in [0.4, 0.5) is 16.2 Å². The van der Waals surface area contributed by atoms with Crippen LogP contribution in [0.3, 0.4) is 0 Å². The van der Waals surface area contributed by atoms with E-state index in [0.29, 0.717) is 5.02 Å². The molecule has 2 aromatic rings. The number of nitro groups is 1. The molecule has 0 aliphatic carbocycles.